The highest BCUT2D eigenvalue weighted by atomic mass is 16.3. The summed E-state index contributed by atoms with van der Waals surface area (Å²) in [5.41, 5.74) is 1.17. The smallest absolute Gasteiger partial charge is 0.261 e. The summed E-state index contributed by atoms with van der Waals surface area (Å²) in [6.07, 6.45) is 7.44. The molecule has 5 nitrogen and oxygen atoms in total. The minimum Gasteiger partial charge on any atom is -0.388 e. The number of hydrogen-bond acceptors (Lipinski definition) is 3. The van der Waals surface area contributed by atoms with Gasteiger partial charge in [-0.25, -0.2) is 0 Å². The van der Waals surface area contributed by atoms with Crippen LogP contribution in [-0.2, 0) is 12.8 Å². The van der Waals surface area contributed by atoms with Gasteiger partial charge in [0.05, 0.1) is 5.60 Å². The zero-order valence-corrected chi connectivity index (χ0v) is 13.2. The van der Waals surface area contributed by atoms with E-state index in [0.29, 0.717) is 6.54 Å². The van der Waals surface area contributed by atoms with Crippen molar-refractivity contribution in [3.8, 4) is 0 Å². The monoisotopic (exact) mass is 304 g/mol. The Bertz CT molecular complexity index is 629. The van der Waals surface area contributed by atoms with Gasteiger partial charge in [-0.15, -0.1) is 0 Å². The van der Waals surface area contributed by atoms with Gasteiger partial charge in [0.25, 0.3) is 11.5 Å². The zero-order valence-electron chi connectivity index (χ0n) is 13.2. The number of fused-ring (bicyclic) bond motifs is 1. The van der Waals surface area contributed by atoms with Gasteiger partial charge >= 0.3 is 0 Å². The summed E-state index contributed by atoms with van der Waals surface area (Å²) >= 11 is 0. The molecular weight excluding hydrogens is 280 g/mol. The maximum atomic E-state index is 12.6. The van der Waals surface area contributed by atoms with E-state index < -0.39 is 5.60 Å². The van der Waals surface area contributed by atoms with Crippen LogP contribution in [0.15, 0.2) is 10.9 Å². The largest absolute Gasteiger partial charge is 0.388 e. The molecule has 0 radical (unpaired) electrons. The summed E-state index contributed by atoms with van der Waals surface area (Å²) in [7, 11) is 1.66. The normalized spacial score (nSPS) is 19.7. The van der Waals surface area contributed by atoms with Gasteiger partial charge in [0, 0.05) is 19.3 Å². The molecule has 0 unspecified atom stereocenters. The van der Waals surface area contributed by atoms with Crippen LogP contribution in [0.4, 0.5) is 0 Å². The van der Waals surface area contributed by atoms with Crippen molar-refractivity contribution in [2.75, 3.05) is 13.6 Å². The van der Waals surface area contributed by atoms with Crippen molar-refractivity contribution in [2.24, 2.45) is 0 Å². The van der Waals surface area contributed by atoms with Crippen LogP contribution in [0.25, 0.3) is 0 Å². The van der Waals surface area contributed by atoms with E-state index in [9.17, 15) is 14.7 Å². The highest BCUT2D eigenvalue weighted by Crippen LogP contribution is 2.30. The molecule has 120 valence electrons. The number of hydrogen-bond donors (Lipinski definition) is 2. The molecule has 1 aromatic rings. The number of rotatable bonds is 3. The van der Waals surface area contributed by atoms with E-state index in [-0.39, 0.29) is 17.0 Å². The molecule has 0 bridgehead atoms. The molecule has 2 N–H and O–H groups in total. The second kappa shape index (κ2) is 5.88. The topological polar surface area (TPSA) is 73.4 Å². The number of pyridine rings is 1. The molecule has 5 heteroatoms. The Morgan fingerprint density at radius 3 is 2.68 bits per heavy atom. The third kappa shape index (κ3) is 2.95. The molecule has 1 heterocycles. The molecule has 2 aliphatic rings. The average Bonchev–Trinajstić information content (AvgIpc) is 2.92. The fourth-order valence-corrected chi connectivity index (χ4v) is 3.74. The number of aliphatic hydroxyl groups is 1. The van der Waals surface area contributed by atoms with Crippen LogP contribution in [0.1, 0.15) is 60.1 Å². The third-order valence-electron chi connectivity index (χ3n) is 4.98. The predicted molar refractivity (Wildman–Crippen MR) is 84.1 cm³/mol. The van der Waals surface area contributed by atoms with E-state index in [0.717, 1.165) is 62.6 Å². The molecule has 22 heavy (non-hydrogen) atoms. The Balaban J connectivity index is 1.81. The second-order valence-electron chi connectivity index (χ2n) is 6.82. The van der Waals surface area contributed by atoms with E-state index >= 15 is 0 Å². The quantitative estimate of drug-likeness (QED) is 0.891. The first-order valence-electron chi connectivity index (χ1n) is 8.21. The van der Waals surface area contributed by atoms with Gasteiger partial charge in [-0.1, -0.05) is 12.8 Å². The fourth-order valence-electron chi connectivity index (χ4n) is 3.74. The van der Waals surface area contributed by atoms with Crippen LogP contribution >= 0.6 is 0 Å². The molecule has 3 rings (SSSR count). The van der Waals surface area contributed by atoms with Crippen LogP contribution in [0, 0.1) is 0 Å². The van der Waals surface area contributed by atoms with Crippen molar-refractivity contribution < 1.29 is 9.90 Å². The van der Waals surface area contributed by atoms with Gasteiger partial charge < -0.3 is 15.0 Å². The molecule has 1 amide bonds. The fraction of sp³-hybridized carbons (Fsp3) is 0.647. The number of amides is 1. The second-order valence-corrected chi connectivity index (χ2v) is 6.82. The van der Waals surface area contributed by atoms with Crippen molar-refractivity contribution in [2.45, 2.75) is 57.0 Å². The molecule has 0 aliphatic heterocycles. The predicted octanol–water partition coefficient (Wildman–Crippen LogP) is 1.63. The van der Waals surface area contributed by atoms with E-state index in [4.69, 9.17) is 0 Å². The van der Waals surface area contributed by atoms with E-state index in [1.165, 1.54) is 4.90 Å². The number of likely N-dealkylation sites (N-methyl/N-ethyl adjacent to an activating group) is 1. The molecule has 0 aromatic carbocycles. The Hall–Kier alpha value is -1.62. The average molecular weight is 304 g/mol. The van der Waals surface area contributed by atoms with Gasteiger partial charge in [-0.05, 0) is 50.2 Å². The lowest BCUT2D eigenvalue weighted by Crippen LogP contribution is -2.43. The van der Waals surface area contributed by atoms with Crippen LogP contribution in [0.5, 0.6) is 0 Å². The first-order valence-corrected chi connectivity index (χ1v) is 8.21. The summed E-state index contributed by atoms with van der Waals surface area (Å²) < 4.78 is 0. The van der Waals surface area contributed by atoms with Crippen LogP contribution < -0.4 is 5.56 Å². The molecular formula is C17H24N2O3. The van der Waals surface area contributed by atoms with Crippen molar-refractivity contribution >= 4 is 5.91 Å². The Kier molecular flexibility index (Phi) is 4.08. The molecule has 1 fully saturated rings. The minimum absolute atomic E-state index is 0.199. The first-order chi connectivity index (χ1) is 10.5. The first kappa shape index (κ1) is 15.3. The number of aromatic nitrogens is 1. The van der Waals surface area contributed by atoms with Gasteiger partial charge in [-0.3, -0.25) is 9.59 Å². The van der Waals surface area contributed by atoms with E-state index in [1.54, 1.807) is 13.1 Å². The van der Waals surface area contributed by atoms with Crippen molar-refractivity contribution in [3.63, 3.8) is 0 Å². The zero-order chi connectivity index (χ0) is 15.7. The number of carbonyl (C=O) groups excluding carboxylic acids is 1. The van der Waals surface area contributed by atoms with Crippen LogP contribution in [0.3, 0.4) is 0 Å². The van der Waals surface area contributed by atoms with Gasteiger partial charge in [0.15, 0.2) is 0 Å². The van der Waals surface area contributed by atoms with Crippen molar-refractivity contribution in [1.82, 2.24) is 9.88 Å². The summed E-state index contributed by atoms with van der Waals surface area (Å²) in [5.74, 6) is -0.296. The van der Waals surface area contributed by atoms with E-state index in [1.807, 2.05) is 0 Å². The van der Waals surface area contributed by atoms with E-state index in [2.05, 4.69) is 4.98 Å². The number of carbonyl (C=O) groups is 1. The highest BCUT2D eigenvalue weighted by Gasteiger charge is 2.34. The Morgan fingerprint density at radius 2 is 1.95 bits per heavy atom. The van der Waals surface area contributed by atoms with Crippen molar-refractivity contribution in [1.29, 1.82) is 0 Å². The minimum atomic E-state index is -0.786. The molecule has 2 aliphatic carbocycles. The molecule has 0 spiro atoms. The maximum Gasteiger partial charge on any atom is 0.261 e. The highest BCUT2D eigenvalue weighted by molar-refractivity contribution is 5.94. The van der Waals surface area contributed by atoms with Crippen LogP contribution in [0.2, 0.25) is 0 Å². The summed E-state index contributed by atoms with van der Waals surface area (Å²) in [4.78, 5) is 29.1. The lowest BCUT2D eigenvalue weighted by atomic mass is 9.94. The lowest BCUT2D eigenvalue weighted by molar-refractivity contribution is 0.0156. The molecule has 0 atom stereocenters. The number of nitrogens with zero attached hydrogens (tertiary/aromatic N) is 1. The summed E-state index contributed by atoms with van der Waals surface area (Å²) in [6, 6.07) is 1.75. The summed E-state index contributed by atoms with van der Waals surface area (Å²) in [6.45, 7) is 0.294. The third-order valence-corrected chi connectivity index (χ3v) is 4.98. The number of H-pyrrole nitrogens is 1. The lowest BCUT2D eigenvalue weighted by Gasteiger charge is -2.28. The molecule has 1 saturated carbocycles. The SMILES string of the molecule is CN(CC1(O)CCCC1)C(=O)c1cc2c([nH]c1=O)CCCC2. The standard InChI is InChI=1S/C17H24N2O3/c1-19(11-17(22)8-4-5-9-17)16(21)13-10-12-6-2-3-7-14(12)18-15(13)20/h10,22H,2-9,11H2,1H3,(H,18,20). The van der Waals surface area contributed by atoms with Gasteiger partial charge in [0.1, 0.15) is 5.56 Å². The van der Waals surface area contributed by atoms with Gasteiger partial charge in [0.2, 0.25) is 0 Å². The number of aromatic amines is 1. The summed E-state index contributed by atoms with van der Waals surface area (Å²) in [5, 5.41) is 10.4. The Labute approximate surface area is 130 Å². The van der Waals surface area contributed by atoms with Crippen molar-refractivity contribution in [3.05, 3.63) is 33.2 Å². The maximum absolute atomic E-state index is 12.6. The molecule has 0 saturated heterocycles. The van der Waals surface area contributed by atoms with Gasteiger partial charge in [-0.2, -0.15) is 0 Å². The van der Waals surface area contributed by atoms with Crippen LogP contribution in [-0.4, -0.2) is 40.1 Å². The Morgan fingerprint density at radius 1 is 1.27 bits per heavy atom. The number of nitrogens with one attached hydrogen (secondary N) is 1. The number of aryl methyl sites for hydroxylation is 2. The molecule has 1 aromatic heterocycles.